The number of benzene rings is 1. The van der Waals surface area contributed by atoms with E-state index in [2.05, 4.69) is 10.1 Å². The molecule has 1 heterocycles. The number of alkyl halides is 2. The van der Waals surface area contributed by atoms with Crippen molar-refractivity contribution in [1.29, 1.82) is 0 Å². The molecule has 0 bridgehead atoms. The Bertz CT molecular complexity index is 620. The predicted octanol–water partition coefficient (Wildman–Crippen LogP) is 2.00. The Labute approximate surface area is 137 Å². The minimum Gasteiger partial charge on any atom is -0.435 e. The monoisotopic (exact) mass is 340 g/mol. The molecular formula is C16H18F2N2O4. The lowest BCUT2D eigenvalue weighted by molar-refractivity contribution is -0.138. The van der Waals surface area contributed by atoms with Crippen molar-refractivity contribution in [1.82, 2.24) is 10.2 Å². The van der Waals surface area contributed by atoms with E-state index in [1.165, 1.54) is 12.1 Å². The van der Waals surface area contributed by atoms with E-state index in [9.17, 15) is 23.2 Å². The van der Waals surface area contributed by atoms with Gasteiger partial charge in [-0.2, -0.15) is 8.78 Å². The number of carbonyl (C=O) groups excluding carboxylic acids is 3. The fraction of sp³-hybridized carbons (Fsp3) is 0.438. The third-order valence-electron chi connectivity index (χ3n) is 3.68. The Morgan fingerprint density at radius 3 is 2.58 bits per heavy atom. The van der Waals surface area contributed by atoms with Crippen LogP contribution in [-0.2, 0) is 14.4 Å². The van der Waals surface area contributed by atoms with Crippen LogP contribution < -0.4 is 10.1 Å². The number of amides is 3. The Morgan fingerprint density at radius 1 is 1.29 bits per heavy atom. The van der Waals surface area contributed by atoms with Gasteiger partial charge in [0, 0.05) is 25.8 Å². The van der Waals surface area contributed by atoms with Gasteiger partial charge in [0.25, 0.3) is 0 Å². The Balaban J connectivity index is 1.87. The molecule has 8 heteroatoms. The SMILES string of the molecule is C[C@@H](NC(=O)CCN1C(=O)CCC1=O)c1cccc(OC(F)F)c1. The Kier molecular flexibility index (Phi) is 5.83. The molecule has 0 spiro atoms. The summed E-state index contributed by atoms with van der Waals surface area (Å²) in [7, 11) is 0. The average molecular weight is 340 g/mol. The fourth-order valence-electron chi connectivity index (χ4n) is 2.44. The van der Waals surface area contributed by atoms with Crippen molar-refractivity contribution < 1.29 is 27.9 Å². The van der Waals surface area contributed by atoms with Crippen molar-refractivity contribution in [2.24, 2.45) is 0 Å². The van der Waals surface area contributed by atoms with Gasteiger partial charge >= 0.3 is 6.61 Å². The number of hydrogen-bond acceptors (Lipinski definition) is 4. The van der Waals surface area contributed by atoms with E-state index in [1.54, 1.807) is 19.1 Å². The second-order valence-corrected chi connectivity index (χ2v) is 5.43. The first-order valence-electron chi connectivity index (χ1n) is 7.54. The van der Waals surface area contributed by atoms with E-state index in [-0.39, 0.29) is 49.3 Å². The van der Waals surface area contributed by atoms with Gasteiger partial charge in [0.1, 0.15) is 5.75 Å². The summed E-state index contributed by atoms with van der Waals surface area (Å²) in [6, 6.07) is 5.62. The van der Waals surface area contributed by atoms with Crippen LogP contribution in [0.25, 0.3) is 0 Å². The third-order valence-corrected chi connectivity index (χ3v) is 3.68. The van der Waals surface area contributed by atoms with Crippen molar-refractivity contribution in [3.05, 3.63) is 29.8 Å². The maximum absolute atomic E-state index is 12.2. The summed E-state index contributed by atoms with van der Waals surface area (Å²) in [5.41, 5.74) is 0.606. The van der Waals surface area contributed by atoms with E-state index in [1.807, 2.05) is 0 Å². The molecule has 0 saturated carbocycles. The maximum Gasteiger partial charge on any atom is 0.387 e. The molecule has 24 heavy (non-hydrogen) atoms. The van der Waals surface area contributed by atoms with E-state index in [0.29, 0.717) is 5.56 Å². The van der Waals surface area contributed by atoms with Crippen LogP contribution >= 0.6 is 0 Å². The van der Waals surface area contributed by atoms with Gasteiger partial charge in [-0.15, -0.1) is 0 Å². The molecule has 1 aromatic carbocycles. The molecule has 6 nitrogen and oxygen atoms in total. The van der Waals surface area contributed by atoms with Crippen LogP contribution in [0.15, 0.2) is 24.3 Å². The van der Waals surface area contributed by atoms with E-state index >= 15 is 0 Å². The van der Waals surface area contributed by atoms with Crippen molar-refractivity contribution in [3.8, 4) is 5.75 Å². The van der Waals surface area contributed by atoms with Crippen LogP contribution in [0.5, 0.6) is 5.75 Å². The maximum atomic E-state index is 12.2. The average Bonchev–Trinajstić information content (AvgIpc) is 2.83. The largest absolute Gasteiger partial charge is 0.435 e. The van der Waals surface area contributed by atoms with Gasteiger partial charge in [-0.3, -0.25) is 19.3 Å². The lowest BCUT2D eigenvalue weighted by atomic mass is 10.1. The highest BCUT2D eigenvalue weighted by molar-refractivity contribution is 6.02. The van der Waals surface area contributed by atoms with Crippen LogP contribution in [0.3, 0.4) is 0 Å². The van der Waals surface area contributed by atoms with Gasteiger partial charge in [0.2, 0.25) is 17.7 Å². The van der Waals surface area contributed by atoms with Crippen molar-refractivity contribution >= 4 is 17.7 Å². The van der Waals surface area contributed by atoms with Crippen LogP contribution in [0, 0.1) is 0 Å². The number of hydrogen-bond donors (Lipinski definition) is 1. The topological polar surface area (TPSA) is 75.7 Å². The molecule has 2 rings (SSSR count). The van der Waals surface area contributed by atoms with Gasteiger partial charge in [0.05, 0.1) is 6.04 Å². The van der Waals surface area contributed by atoms with Crippen LogP contribution in [0.1, 0.15) is 37.8 Å². The fourth-order valence-corrected chi connectivity index (χ4v) is 2.44. The second-order valence-electron chi connectivity index (χ2n) is 5.43. The number of halogens is 2. The van der Waals surface area contributed by atoms with Gasteiger partial charge in [-0.1, -0.05) is 12.1 Å². The zero-order chi connectivity index (χ0) is 17.7. The molecule has 1 saturated heterocycles. The molecule has 1 aromatic rings. The van der Waals surface area contributed by atoms with Gasteiger partial charge in [-0.25, -0.2) is 0 Å². The van der Waals surface area contributed by atoms with Crippen molar-refractivity contribution in [3.63, 3.8) is 0 Å². The van der Waals surface area contributed by atoms with E-state index in [4.69, 9.17) is 0 Å². The van der Waals surface area contributed by atoms with Crippen LogP contribution in [0.2, 0.25) is 0 Å². The zero-order valence-electron chi connectivity index (χ0n) is 13.1. The molecule has 0 radical (unpaired) electrons. The van der Waals surface area contributed by atoms with Gasteiger partial charge < -0.3 is 10.1 Å². The molecular weight excluding hydrogens is 322 g/mol. The summed E-state index contributed by atoms with van der Waals surface area (Å²) in [6.07, 6.45) is 0.372. The standard InChI is InChI=1S/C16H18F2N2O4/c1-10(11-3-2-4-12(9-11)24-16(17)18)19-13(21)7-8-20-14(22)5-6-15(20)23/h2-4,9-10,16H,5-8H2,1H3,(H,19,21)/t10-/m1/s1. The number of imide groups is 1. The second kappa shape index (κ2) is 7.85. The minimum atomic E-state index is -2.92. The predicted molar refractivity (Wildman–Crippen MR) is 80.2 cm³/mol. The smallest absolute Gasteiger partial charge is 0.387 e. The summed E-state index contributed by atoms with van der Waals surface area (Å²) in [6.45, 7) is -1.17. The van der Waals surface area contributed by atoms with Gasteiger partial charge in [0.15, 0.2) is 0 Å². The first-order chi connectivity index (χ1) is 11.4. The van der Waals surface area contributed by atoms with E-state index in [0.717, 1.165) is 4.90 Å². The Hall–Kier alpha value is -2.51. The van der Waals surface area contributed by atoms with Crippen molar-refractivity contribution in [2.45, 2.75) is 38.8 Å². The molecule has 0 aliphatic carbocycles. The normalized spacial score (nSPS) is 15.8. The van der Waals surface area contributed by atoms with Crippen LogP contribution in [-0.4, -0.2) is 35.8 Å². The van der Waals surface area contributed by atoms with Crippen LogP contribution in [0.4, 0.5) is 8.78 Å². The molecule has 1 atom stereocenters. The molecule has 130 valence electrons. The molecule has 1 aliphatic heterocycles. The molecule has 0 unspecified atom stereocenters. The lowest BCUT2D eigenvalue weighted by Gasteiger charge is -2.17. The molecule has 1 fully saturated rings. The summed E-state index contributed by atoms with van der Waals surface area (Å²) >= 11 is 0. The Morgan fingerprint density at radius 2 is 1.96 bits per heavy atom. The molecule has 3 amide bonds. The number of rotatable bonds is 7. The number of likely N-dealkylation sites (tertiary alicyclic amines) is 1. The highest BCUT2D eigenvalue weighted by Gasteiger charge is 2.28. The molecule has 0 aromatic heterocycles. The van der Waals surface area contributed by atoms with Crippen molar-refractivity contribution in [2.75, 3.05) is 6.54 Å². The van der Waals surface area contributed by atoms with Gasteiger partial charge in [-0.05, 0) is 24.6 Å². The lowest BCUT2D eigenvalue weighted by Crippen LogP contribution is -2.34. The summed E-state index contributed by atoms with van der Waals surface area (Å²) < 4.78 is 28.8. The molecule has 1 N–H and O–H groups in total. The highest BCUT2D eigenvalue weighted by atomic mass is 19.3. The highest BCUT2D eigenvalue weighted by Crippen LogP contribution is 2.21. The first kappa shape index (κ1) is 17.8. The zero-order valence-corrected chi connectivity index (χ0v) is 13.1. The minimum absolute atomic E-state index is 0.00492. The molecule has 1 aliphatic rings. The summed E-state index contributed by atoms with van der Waals surface area (Å²) in [4.78, 5) is 36.0. The quantitative estimate of drug-likeness (QED) is 0.771. The van der Waals surface area contributed by atoms with E-state index < -0.39 is 12.7 Å². The number of nitrogens with one attached hydrogen (secondary N) is 1. The number of ether oxygens (including phenoxy) is 1. The number of carbonyl (C=O) groups is 3. The summed E-state index contributed by atoms with van der Waals surface area (Å²) in [5, 5.41) is 2.70. The first-order valence-corrected chi connectivity index (χ1v) is 7.54. The third kappa shape index (κ3) is 4.74. The summed E-state index contributed by atoms with van der Waals surface area (Å²) in [5.74, 6) is -0.859. The number of nitrogens with zero attached hydrogens (tertiary/aromatic N) is 1.